The number of benzene rings is 1. The molecule has 0 saturated heterocycles. The number of hydrogen-bond donors (Lipinski definition) is 0. The van der Waals surface area contributed by atoms with Gasteiger partial charge >= 0.3 is 0 Å². The highest BCUT2D eigenvalue weighted by Gasteiger charge is 2.27. The second-order valence-corrected chi connectivity index (χ2v) is 4.79. The van der Waals surface area contributed by atoms with Gasteiger partial charge in [-0.25, -0.2) is 0 Å². The smallest absolute Gasteiger partial charge is 0.0442 e. The quantitative estimate of drug-likeness (QED) is 0.714. The fraction of sp³-hybridized carbons (Fsp3) is 0.462. The summed E-state index contributed by atoms with van der Waals surface area (Å²) < 4.78 is 0. The molecule has 0 amide bonds. The Morgan fingerprint density at radius 1 is 1.27 bits per heavy atom. The van der Waals surface area contributed by atoms with Gasteiger partial charge in [-0.1, -0.05) is 23.7 Å². The molecule has 1 aliphatic carbocycles. The normalized spacial score (nSPS) is 23.2. The summed E-state index contributed by atoms with van der Waals surface area (Å²) in [7, 11) is 0. The van der Waals surface area contributed by atoms with Gasteiger partial charge in [0.25, 0.3) is 0 Å². The average Bonchev–Trinajstić information content (AvgIpc) is 2.16. The molecule has 2 heteroatoms. The van der Waals surface area contributed by atoms with Crippen LogP contribution in [0.5, 0.6) is 0 Å². The van der Waals surface area contributed by atoms with Crippen LogP contribution in [0.1, 0.15) is 38.2 Å². The van der Waals surface area contributed by atoms with Crippen molar-refractivity contribution >= 4 is 17.3 Å². The lowest BCUT2D eigenvalue weighted by atomic mass is 9.77. The monoisotopic (exact) mass is 221 g/mol. The Balaban J connectivity index is 2.15. The van der Waals surface area contributed by atoms with Gasteiger partial charge in [-0.3, -0.25) is 4.99 Å². The van der Waals surface area contributed by atoms with Crippen molar-refractivity contribution in [3.05, 3.63) is 34.9 Å². The molecule has 80 valence electrons. The lowest BCUT2D eigenvalue weighted by Crippen LogP contribution is -2.25. The molecule has 0 aliphatic heterocycles. The van der Waals surface area contributed by atoms with Crippen LogP contribution in [-0.4, -0.2) is 11.8 Å². The first-order valence-corrected chi connectivity index (χ1v) is 5.86. The predicted molar refractivity (Wildman–Crippen MR) is 66.0 cm³/mol. The molecule has 0 radical (unpaired) electrons. The molecule has 0 aromatic heterocycles. The van der Waals surface area contributed by atoms with Crippen molar-refractivity contribution in [3.63, 3.8) is 0 Å². The highest BCUT2D eigenvalue weighted by atomic mass is 35.5. The van der Waals surface area contributed by atoms with E-state index in [9.17, 15) is 0 Å². The molecule has 1 fully saturated rings. The maximum absolute atomic E-state index is 5.87. The lowest BCUT2D eigenvalue weighted by molar-refractivity contribution is 0.669. The average molecular weight is 222 g/mol. The zero-order chi connectivity index (χ0) is 10.8. The molecule has 0 spiro atoms. The zero-order valence-corrected chi connectivity index (χ0v) is 9.96. The van der Waals surface area contributed by atoms with Crippen molar-refractivity contribution in [1.29, 1.82) is 0 Å². The molecule has 1 aromatic rings. The Labute approximate surface area is 96.2 Å². The summed E-state index contributed by atoms with van der Waals surface area (Å²) in [6.07, 6.45) is 2.39. The van der Waals surface area contributed by atoms with E-state index in [4.69, 9.17) is 11.6 Å². The molecule has 2 rings (SSSR count). The predicted octanol–water partition coefficient (Wildman–Crippen LogP) is 4.07. The van der Waals surface area contributed by atoms with E-state index in [2.05, 4.69) is 31.0 Å². The minimum absolute atomic E-state index is 0.412. The van der Waals surface area contributed by atoms with Gasteiger partial charge in [0.1, 0.15) is 0 Å². The Morgan fingerprint density at radius 3 is 2.40 bits per heavy atom. The van der Waals surface area contributed by atoms with Crippen LogP contribution >= 0.6 is 11.6 Å². The van der Waals surface area contributed by atoms with E-state index < -0.39 is 0 Å². The summed E-state index contributed by atoms with van der Waals surface area (Å²) in [6, 6.07) is 8.56. The van der Waals surface area contributed by atoms with Crippen LogP contribution in [0.3, 0.4) is 0 Å². The van der Waals surface area contributed by atoms with Gasteiger partial charge in [0.15, 0.2) is 0 Å². The number of halogens is 1. The van der Waals surface area contributed by atoms with Gasteiger partial charge in [-0.2, -0.15) is 0 Å². The van der Waals surface area contributed by atoms with Gasteiger partial charge in [0, 0.05) is 22.7 Å². The molecule has 0 N–H and O–H groups in total. The number of hydrogen-bond acceptors (Lipinski definition) is 1. The molecule has 0 bridgehead atoms. The van der Waals surface area contributed by atoms with Crippen molar-refractivity contribution in [2.24, 2.45) is 4.99 Å². The Bertz CT molecular complexity index is 365. The van der Waals surface area contributed by atoms with E-state index in [1.54, 1.807) is 0 Å². The van der Waals surface area contributed by atoms with Gasteiger partial charge in [-0.15, -0.1) is 0 Å². The lowest BCUT2D eigenvalue weighted by Gasteiger charge is -2.29. The highest BCUT2D eigenvalue weighted by molar-refractivity contribution is 6.30. The number of rotatable bonds is 2. The fourth-order valence-electron chi connectivity index (χ4n) is 1.96. The van der Waals surface area contributed by atoms with Crippen LogP contribution in [0, 0.1) is 0 Å². The molecule has 0 heterocycles. The third-order valence-electron chi connectivity index (χ3n) is 2.79. The maximum Gasteiger partial charge on any atom is 0.0442 e. The van der Waals surface area contributed by atoms with E-state index in [1.165, 1.54) is 17.7 Å². The Kier molecular flexibility index (Phi) is 3.11. The molecule has 1 aromatic carbocycles. The van der Waals surface area contributed by atoms with E-state index in [0.717, 1.165) is 11.4 Å². The molecular weight excluding hydrogens is 206 g/mol. The molecule has 1 nitrogen and oxygen atoms in total. The van der Waals surface area contributed by atoms with Gasteiger partial charge in [-0.05, 0) is 44.4 Å². The van der Waals surface area contributed by atoms with Crippen LogP contribution in [0.2, 0.25) is 5.02 Å². The summed E-state index contributed by atoms with van der Waals surface area (Å²) in [6.45, 7) is 4.26. The van der Waals surface area contributed by atoms with Crippen molar-refractivity contribution in [2.45, 2.75) is 38.6 Å². The summed E-state index contributed by atoms with van der Waals surface area (Å²) in [5.41, 5.74) is 2.71. The first kappa shape index (κ1) is 10.7. The van der Waals surface area contributed by atoms with Gasteiger partial charge in [0.2, 0.25) is 0 Å². The Hall–Kier alpha value is -0.820. The number of aliphatic imine (C=N–C) groups is 1. The topological polar surface area (TPSA) is 12.4 Å². The van der Waals surface area contributed by atoms with Crippen molar-refractivity contribution in [3.8, 4) is 0 Å². The molecular formula is C13H16ClN. The van der Waals surface area contributed by atoms with Crippen LogP contribution < -0.4 is 0 Å². The fourth-order valence-corrected chi connectivity index (χ4v) is 2.08. The molecule has 1 atom stereocenters. The summed E-state index contributed by atoms with van der Waals surface area (Å²) in [4.78, 5) is 4.65. The third-order valence-corrected chi connectivity index (χ3v) is 3.04. The van der Waals surface area contributed by atoms with Crippen molar-refractivity contribution < 1.29 is 0 Å². The minimum atomic E-state index is 0.412. The first-order chi connectivity index (χ1) is 7.16. The Morgan fingerprint density at radius 2 is 1.93 bits per heavy atom. The van der Waals surface area contributed by atoms with Crippen molar-refractivity contribution in [1.82, 2.24) is 0 Å². The van der Waals surface area contributed by atoms with Crippen molar-refractivity contribution in [2.75, 3.05) is 0 Å². The van der Waals surface area contributed by atoms with Gasteiger partial charge in [0.05, 0.1) is 0 Å². The summed E-state index contributed by atoms with van der Waals surface area (Å²) in [5.74, 6) is 0.546. The molecule has 1 unspecified atom stereocenters. The second-order valence-electron chi connectivity index (χ2n) is 4.36. The summed E-state index contributed by atoms with van der Waals surface area (Å²) >= 11 is 5.87. The van der Waals surface area contributed by atoms with Crippen LogP contribution in [0.4, 0.5) is 0 Å². The SMILES string of the molecule is CC(C)N=C1CCC1c1ccc(Cl)cc1. The molecule has 15 heavy (non-hydrogen) atoms. The van der Waals surface area contributed by atoms with E-state index in [1.807, 2.05) is 12.1 Å². The third kappa shape index (κ3) is 2.40. The largest absolute Gasteiger partial charge is 0.291 e. The van der Waals surface area contributed by atoms with E-state index >= 15 is 0 Å². The van der Waals surface area contributed by atoms with Gasteiger partial charge < -0.3 is 0 Å². The van der Waals surface area contributed by atoms with Crippen LogP contribution in [-0.2, 0) is 0 Å². The maximum atomic E-state index is 5.87. The zero-order valence-electron chi connectivity index (χ0n) is 9.20. The first-order valence-electron chi connectivity index (χ1n) is 5.49. The number of nitrogens with zero attached hydrogens (tertiary/aromatic N) is 1. The minimum Gasteiger partial charge on any atom is -0.291 e. The molecule has 1 aliphatic rings. The van der Waals surface area contributed by atoms with Crippen LogP contribution in [0.15, 0.2) is 29.3 Å². The molecule has 1 saturated carbocycles. The van der Waals surface area contributed by atoms with E-state index in [-0.39, 0.29) is 0 Å². The summed E-state index contributed by atoms with van der Waals surface area (Å²) in [5, 5.41) is 0.806. The van der Waals surface area contributed by atoms with Crippen LogP contribution in [0.25, 0.3) is 0 Å². The van der Waals surface area contributed by atoms with E-state index in [0.29, 0.717) is 12.0 Å². The highest BCUT2D eigenvalue weighted by Crippen LogP contribution is 2.34. The standard InChI is InChI=1S/C13H16ClN/c1-9(2)15-13-8-7-12(13)10-3-5-11(14)6-4-10/h3-6,9,12H,7-8H2,1-2H3. The second kappa shape index (κ2) is 4.36.